The fourth-order valence-corrected chi connectivity index (χ4v) is 3.48. The number of urea groups is 1. The van der Waals surface area contributed by atoms with Crippen LogP contribution in [0.3, 0.4) is 0 Å². The number of rotatable bonds is 7. The number of aromatic nitrogens is 1. The number of carbonyl (C=O) groups excluding carboxylic acids is 3. The number of pyridine rings is 1. The highest BCUT2D eigenvalue weighted by atomic mass is 16.5. The van der Waals surface area contributed by atoms with Crippen LogP contribution in [0.5, 0.6) is 0 Å². The smallest absolute Gasteiger partial charge is 0.339 e. The van der Waals surface area contributed by atoms with E-state index in [2.05, 4.69) is 15.6 Å². The van der Waals surface area contributed by atoms with Crippen molar-refractivity contribution in [3.05, 3.63) is 23.9 Å². The minimum absolute atomic E-state index is 0.0862. The highest BCUT2D eigenvalue weighted by Crippen LogP contribution is 2.34. The summed E-state index contributed by atoms with van der Waals surface area (Å²) in [5, 5.41) is 6.00. The SMILES string of the molecule is CCOC(=O)c1ccc(NCCCN2C(=O)NC3(CCCC3)C2=O)nc1. The van der Waals surface area contributed by atoms with E-state index in [-0.39, 0.29) is 11.9 Å². The molecule has 0 aromatic carbocycles. The predicted molar refractivity (Wildman–Crippen MR) is 94.7 cm³/mol. The minimum atomic E-state index is -0.644. The Balaban J connectivity index is 1.45. The van der Waals surface area contributed by atoms with Gasteiger partial charge in [-0.15, -0.1) is 0 Å². The molecule has 0 atom stereocenters. The molecule has 1 aliphatic carbocycles. The van der Waals surface area contributed by atoms with Gasteiger partial charge in [0, 0.05) is 19.3 Å². The molecule has 3 amide bonds. The quantitative estimate of drug-likeness (QED) is 0.438. The number of carbonyl (C=O) groups is 3. The lowest BCUT2D eigenvalue weighted by Gasteiger charge is -2.20. The molecule has 8 nitrogen and oxygen atoms in total. The zero-order valence-corrected chi connectivity index (χ0v) is 14.9. The fraction of sp³-hybridized carbons (Fsp3) is 0.556. The highest BCUT2D eigenvalue weighted by molar-refractivity contribution is 6.07. The molecule has 1 saturated heterocycles. The van der Waals surface area contributed by atoms with Crippen molar-refractivity contribution in [2.24, 2.45) is 0 Å². The number of hydrogen-bond acceptors (Lipinski definition) is 6. The van der Waals surface area contributed by atoms with Gasteiger partial charge in [0.15, 0.2) is 0 Å². The summed E-state index contributed by atoms with van der Waals surface area (Å²) in [5.74, 6) is 0.144. The molecular weight excluding hydrogens is 336 g/mol. The highest BCUT2D eigenvalue weighted by Gasteiger charge is 2.51. The molecule has 0 bridgehead atoms. The molecule has 1 aromatic rings. The van der Waals surface area contributed by atoms with E-state index in [1.165, 1.54) is 11.1 Å². The standard InChI is InChI=1S/C18H24N4O4/c1-2-26-15(23)13-6-7-14(20-12-13)19-10-5-11-22-16(24)18(21-17(22)25)8-3-4-9-18/h6-7,12H,2-5,8-11H2,1H3,(H,19,20)(H,21,25). The molecule has 140 valence electrons. The van der Waals surface area contributed by atoms with E-state index >= 15 is 0 Å². The maximum atomic E-state index is 12.5. The van der Waals surface area contributed by atoms with Crippen LogP contribution in [-0.4, -0.2) is 53.0 Å². The van der Waals surface area contributed by atoms with Crippen molar-refractivity contribution in [2.75, 3.05) is 25.0 Å². The van der Waals surface area contributed by atoms with Crippen molar-refractivity contribution in [2.45, 2.75) is 44.6 Å². The normalized spacial score (nSPS) is 18.3. The van der Waals surface area contributed by atoms with E-state index in [4.69, 9.17) is 4.74 Å². The molecule has 0 radical (unpaired) electrons. The van der Waals surface area contributed by atoms with Gasteiger partial charge in [-0.2, -0.15) is 0 Å². The Morgan fingerprint density at radius 3 is 2.77 bits per heavy atom. The summed E-state index contributed by atoms with van der Waals surface area (Å²) in [6.07, 6.45) is 5.52. The summed E-state index contributed by atoms with van der Waals surface area (Å²) >= 11 is 0. The number of nitrogens with zero attached hydrogens (tertiary/aromatic N) is 2. The van der Waals surface area contributed by atoms with E-state index in [0.717, 1.165) is 25.7 Å². The number of esters is 1. The number of nitrogens with one attached hydrogen (secondary N) is 2. The van der Waals surface area contributed by atoms with Crippen LogP contribution >= 0.6 is 0 Å². The lowest BCUT2D eigenvalue weighted by Crippen LogP contribution is -2.44. The number of ether oxygens (including phenoxy) is 1. The fourth-order valence-electron chi connectivity index (χ4n) is 3.48. The Bertz CT molecular complexity index is 683. The van der Waals surface area contributed by atoms with Crippen LogP contribution in [0.25, 0.3) is 0 Å². The Kier molecular flexibility index (Phi) is 5.39. The summed E-state index contributed by atoms with van der Waals surface area (Å²) in [6, 6.07) is 3.07. The molecule has 0 unspecified atom stereocenters. The molecule has 2 fully saturated rings. The average molecular weight is 360 g/mol. The van der Waals surface area contributed by atoms with Crippen molar-refractivity contribution >= 4 is 23.7 Å². The van der Waals surface area contributed by atoms with Gasteiger partial charge in [0.1, 0.15) is 11.4 Å². The number of amides is 3. The van der Waals surface area contributed by atoms with Gasteiger partial charge in [0.05, 0.1) is 12.2 Å². The van der Waals surface area contributed by atoms with Crippen LogP contribution in [0.15, 0.2) is 18.3 Å². The molecule has 2 aliphatic rings. The first kappa shape index (κ1) is 18.2. The van der Waals surface area contributed by atoms with Gasteiger partial charge in [0.25, 0.3) is 5.91 Å². The largest absolute Gasteiger partial charge is 0.462 e. The zero-order valence-electron chi connectivity index (χ0n) is 14.9. The van der Waals surface area contributed by atoms with E-state index in [1.807, 2.05) is 0 Å². The minimum Gasteiger partial charge on any atom is -0.462 e. The van der Waals surface area contributed by atoms with Crippen molar-refractivity contribution in [3.8, 4) is 0 Å². The number of hydrogen-bond donors (Lipinski definition) is 2. The second-order valence-corrected chi connectivity index (χ2v) is 6.61. The Hall–Kier alpha value is -2.64. The lowest BCUT2D eigenvalue weighted by molar-refractivity contribution is -0.131. The lowest BCUT2D eigenvalue weighted by atomic mass is 9.98. The second-order valence-electron chi connectivity index (χ2n) is 6.61. The van der Waals surface area contributed by atoms with E-state index < -0.39 is 11.5 Å². The topological polar surface area (TPSA) is 101 Å². The summed E-state index contributed by atoms with van der Waals surface area (Å²) in [4.78, 5) is 41.7. The van der Waals surface area contributed by atoms with Gasteiger partial charge in [-0.05, 0) is 38.3 Å². The third-order valence-electron chi connectivity index (χ3n) is 4.84. The van der Waals surface area contributed by atoms with Gasteiger partial charge in [-0.1, -0.05) is 12.8 Å². The van der Waals surface area contributed by atoms with Crippen LogP contribution in [-0.2, 0) is 9.53 Å². The molecule has 1 aliphatic heterocycles. The van der Waals surface area contributed by atoms with Crippen molar-refractivity contribution in [3.63, 3.8) is 0 Å². The molecule has 8 heteroatoms. The first-order valence-electron chi connectivity index (χ1n) is 9.07. The van der Waals surface area contributed by atoms with Crippen molar-refractivity contribution in [1.82, 2.24) is 15.2 Å². The summed E-state index contributed by atoms with van der Waals surface area (Å²) < 4.78 is 4.91. The third kappa shape index (κ3) is 3.63. The Morgan fingerprint density at radius 1 is 1.35 bits per heavy atom. The van der Waals surface area contributed by atoms with Gasteiger partial charge in [-0.3, -0.25) is 9.69 Å². The summed E-state index contributed by atoms with van der Waals surface area (Å²) in [5.41, 5.74) is -0.242. The number of imide groups is 1. The van der Waals surface area contributed by atoms with Crippen LogP contribution < -0.4 is 10.6 Å². The van der Waals surface area contributed by atoms with Crippen LogP contribution in [0.2, 0.25) is 0 Å². The van der Waals surface area contributed by atoms with Crippen molar-refractivity contribution < 1.29 is 19.1 Å². The first-order chi connectivity index (χ1) is 12.6. The maximum Gasteiger partial charge on any atom is 0.339 e. The van der Waals surface area contributed by atoms with Crippen LogP contribution in [0, 0.1) is 0 Å². The molecule has 2 N–H and O–H groups in total. The maximum absolute atomic E-state index is 12.5. The first-order valence-corrected chi connectivity index (χ1v) is 9.07. The molecule has 1 saturated carbocycles. The zero-order chi connectivity index (χ0) is 18.6. The summed E-state index contributed by atoms with van der Waals surface area (Å²) in [7, 11) is 0. The molecule has 1 spiro atoms. The van der Waals surface area contributed by atoms with Gasteiger partial charge < -0.3 is 15.4 Å². The average Bonchev–Trinajstić information content (AvgIpc) is 3.19. The van der Waals surface area contributed by atoms with E-state index in [0.29, 0.717) is 37.5 Å². The van der Waals surface area contributed by atoms with Gasteiger partial charge >= 0.3 is 12.0 Å². The monoisotopic (exact) mass is 360 g/mol. The number of anilines is 1. The molecule has 1 aromatic heterocycles. The molecule has 26 heavy (non-hydrogen) atoms. The van der Waals surface area contributed by atoms with Crippen LogP contribution in [0.4, 0.5) is 10.6 Å². The molecule has 3 rings (SSSR count). The Labute approximate surface area is 152 Å². The van der Waals surface area contributed by atoms with E-state index in [9.17, 15) is 14.4 Å². The summed E-state index contributed by atoms with van der Waals surface area (Å²) in [6.45, 7) is 3.01. The molecule has 2 heterocycles. The van der Waals surface area contributed by atoms with E-state index in [1.54, 1.807) is 19.1 Å². The predicted octanol–water partition coefficient (Wildman–Crippen LogP) is 1.92. The molecular formula is C18H24N4O4. The Morgan fingerprint density at radius 2 is 2.12 bits per heavy atom. The third-order valence-corrected chi connectivity index (χ3v) is 4.84. The van der Waals surface area contributed by atoms with Crippen LogP contribution in [0.1, 0.15) is 49.4 Å². The van der Waals surface area contributed by atoms with Crippen molar-refractivity contribution in [1.29, 1.82) is 0 Å². The van der Waals surface area contributed by atoms with Gasteiger partial charge in [-0.25, -0.2) is 14.6 Å². The van der Waals surface area contributed by atoms with Gasteiger partial charge in [0.2, 0.25) is 0 Å². The second kappa shape index (κ2) is 7.72.